The minimum atomic E-state index is -0.245. The first-order valence-corrected chi connectivity index (χ1v) is 6.88. The van der Waals surface area contributed by atoms with Gasteiger partial charge in [-0.2, -0.15) is 0 Å². The molecule has 0 spiro atoms. The number of rotatable bonds is 8. The van der Waals surface area contributed by atoms with Crippen LogP contribution in [0.5, 0.6) is 0 Å². The fourth-order valence-electron chi connectivity index (χ4n) is 2.02. The summed E-state index contributed by atoms with van der Waals surface area (Å²) in [6, 6.07) is 10.3. The third kappa shape index (κ3) is 4.61. The van der Waals surface area contributed by atoms with Gasteiger partial charge in [0, 0.05) is 13.0 Å². The number of benzene rings is 1. The molecule has 1 aromatic carbocycles. The van der Waals surface area contributed by atoms with E-state index in [1.807, 2.05) is 25.1 Å². The average Bonchev–Trinajstić information content (AvgIpc) is 2.43. The van der Waals surface area contributed by atoms with E-state index < -0.39 is 0 Å². The predicted octanol–water partition coefficient (Wildman–Crippen LogP) is 3.95. The molecular weight excluding hydrogens is 224 g/mol. The second-order valence-corrected chi connectivity index (χ2v) is 4.73. The lowest BCUT2D eigenvalue weighted by molar-refractivity contribution is -0.131. The van der Waals surface area contributed by atoms with Crippen LogP contribution in [0.25, 0.3) is 0 Å². The molecule has 2 nitrogen and oxygen atoms in total. The summed E-state index contributed by atoms with van der Waals surface area (Å²) in [7, 11) is 0. The molecule has 0 aromatic heterocycles. The van der Waals surface area contributed by atoms with Crippen molar-refractivity contribution in [1.82, 2.24) is 0 Å². The molecular formula is C16H24O2. The quantitative estimate of drug-likeness (QED) is 0.696. The van der Waals surface area contributed by atoms with Gasteiger partial charge in [0.05, 0.1) is 0 Å². The first kappa shape index (κ1) is 14.9. The molecule has 0 bridgehead atoms. The largest absolute Gasteiger partial charge is 0.370 e. The van der Waals surface area contributed by atoms with Crippen LogP contribution in [0.1, 0.15) is 51.5 Å². The molecule has 18 heavy (non-hydrogen) atoms. The molecule has 0 saturated heterocycles. The van der Waals surface area contributed by atoms with Crippen LogP contribution in [0.2, 0.25) is 0 Å². The Morgan fingerprint density at radius 1 is 1.22 bits per heavy atom. The van der Waals surface area contributed by atoms with E-state index in [-0.39, 0.29) is 11.9 Å². The van der Waals surface area contributed by atoms with E-state index in [9.17, 15) is 4.79 Å². The average molecular weight is 248 g/mol. The van der Waals surface area contributed by atoms with E-state index in [2.05, 4.69) is 26.0 Å². The highest BCUT2D eigenvalue weighted by Gasteiger charge is 2.20. The Labute approximate surface area is 110 Å². The maximum absolute atomic E-state index is 11.9. The van der Waals surface area contributed by atoms with E-state index in [1.165, 1.54) is 5.56 Å². The second kappa shape index (κ2) is 8.04. The van der Waals surface area contributed by atoms with Crippen LogP contribution < -0.4 is 0 Å². The van der Waals surface area contributed by atoms with E-state index in [0.29, 0.717) is 18.9 Å². The molecule has 0 aliphatic rings. The van der Waals surface area contributed by atoms with Gasteiger partial charge in [0.1, 0.15) is 6.10 Å². The zero-order valence-electron chi connectivity index (χ0n) is 11.7. The van der Waals surface area contributed by atoms with E-state index >= 15 is 0 Å². The molecule has 0 saturated carbocycles. The van der Waals surface area contributed by atoms with Crippen molar-refractivity contribution in [2.45, 2.75) is 52.1 Å². The van der Waals surface area contributed by atoms with Crippen LogP contribution in [0.15, 0.2) is 30.3 Å². The minimum absolute atomic E-state index is 0.214. The van der Waals surface area contributed by atoms with Crippen LogP contribution in [0.3, 0.4) is 0 Å². The first-order chi connectivity index (χ1) is 8.69. The summed E-state index contributed by atoms with van der Waals surface area (Å²) >= 11 is 0. The van der Waals surface area contributed by atoms with Crippen molar-refractivity contribution in [3.05, 3.63) is 35.9 Å². The normalized spacial score (nSPS) is 14.2. The van der Waals surface area contributed by atoms with E-state index in [0.717, 1.165) is 12.8 Å². The van der Waals surface area contributed by atoms with Gasteiger partial charge in [0.2, 0.25) is 0 Å². The smallest absolute Gasteiger partial charge is 0.161 e. The van der Waals surface area contributed by atoms with Crippen molar-refractivity contribution >= 4 is 5.78 Å². The molecule has 0 amide bonds. The SMILES string of the molecule is CCCOC(CC(C)c1ccccc1)C(=O)CC. The molecule has 0 fully saturated rings. The van der Waals surface area contributed by atoms with Gasteiger partial charge >= 0.3 is 0 Å². The number of Topliss-reactive ketones (excluding diaryl/α,β-unsaturated/α-hetero) is 1. The van der Waals surface area contributed by atoms with Crippen molar-refractivity contribution in [2.75, 3.05) is 6.61 Å². The molecule has 2 heteroatoms. The minimum Gasteiger partial charge on any atom is -0.370 e. The van der Waals surface area contributed by atoms with E-state index in [4.69, 9.17) is 4.74 Å². The van der Waals surface area contributed by atoms with Gasteiger partial charge in [-0.25, -0.2) is 0 Å². The zero-order valence-corrected chi connectivity index (χ0v) is 11.7. The Kier molecular flexibility index (Phi) is 6.66. The summed E-state index contributed by atoms with van der Waals surface area (Å²) in [6.45, 7) is 6.78. The molecule has 2 atom stereocenters. The topological polar surface area (TPSA) is 26.3 Å². The summed E-state index contributed by atoms with van der Waals surface area (Å²) in [4.78, 5) is 11.9. The van der Waals surface area contributed by atoms with Gasteiger partial charge in [-0.3, -0.25) is 4.79 Å². The Bertz CT molecular complexity index is 345. The molecule has 0 N–H and O–H groups in total. The number of carbonyl (C=O) groups is 1. The fraction of sp³-hybridized carbons (Fsp3) is 0.562. The highest BCUT2D eigenvalue weighted by molar-refractivity contribution is 5.82. The Morgan fingerprint density at radius 3 is 2.44 bits per heavy atom. The molecule has 0 aliphatic heterocycles. The molecule has 1 rings (SSSR count). The number of ether oxygens (including phenoxy) is 1. The van der Waals surface area contributed by atoms with Crippen molar-refractivity contribution in [2.24, 2.45) is 0 Å². The molecule has 0 radical (unpaired) electrons. The fourth-order valence-corrected chi connectivity index (χ4v) is 2.02. The zero-order chi connectivity index (χ0) is 13.4. The lowest BCUT2D eigenvalue weighted by Gasteiger charge is -2.20. The number of hydrogen-bond acceptors (Lipinski definition) is 2. The van der Waals surface area contributed by atoms with Gasteiger partial charge in [-0.05, 0) is 24.3 Å². The van der Waals surface area contributed by atoms with Crippen LogP contribution in [0.4, 0.5) is 0 Å². The Balaban J connectivity index is 2.62. The number of carbonyl (C=O) groups excluding carboxylic acids is 1. The van der Waals surface area contributed by atoms with Crippen molar-refractivity contribution in [1.29, 1.82) is 0 Å². The van der Waals surface area contributed by atoms with Gasteiger partial charge < -0.3 is 4.74 Å². The third-order valence-corrected chi connectivity index (χ3v) is 3.17. The van der Waals surface area contributed by atoms with Gasteiger partial charge in [-0.1, -0.05) is 51.1 Å². The summed E-state index contributed by atoms with van der Waals surface area (Å²) < 4.78 is 5.69. The first-order valence-electron chi connectivity index (χ1n) is 6.88. The summed E-state index contributed by atoms with van der Waals surface area (Å²) in [5.74, 6) is 0.565. The highest BCUT2D eigenvalue weighted by Crippen LogP contribution is 2.22. The van der Waals surface area contributed by atoms with Crippen molar-refractivity contribution in [3.8, 4) is 0 Å². The molecule has 1 aromatic rings. The van der Waals surface area contributed by atoms with Gasteiger partial charge in [0.15, 0.2) is 5.78 Å². The number of ketones is 1. The van der Waals surface area contributed by atoms with Crippen molar-refractivity contribution < 1.29 is 9.53 Å². The van der Waals surface area contributed by atoms with Crippen LogP contribution >= 0.6 is 0 Å². The number of hydrogen-bond donors (Lipinski definition) is 0. The van der Waals surface area contributed by atoms with Crippen LogP contribution in [-0.2, 0) is 9.53 Å². The van der Waals surface area contributed by atoms with E-state index in [1.54, 1.807) is 0 Å². The predicted molar refractivity (Wildman–Crippen MR) is 74.8 cm³/mol. The van der Waals surface area contributed by atoms with Gasteiger partial charge in [0.25, 0.3) is 0 Å². The lowest BCUT2D eigenvalue weighted by Crippen LogP contribution is -2.26. The maximum Gasteiger partial charge on any atom is 0.161 e. The molecule has 0 heterocycles. The lowest BCUT2D eigenvalue weighted by atomic mass is 9.93. The Morgan fingerprint density at radius 2 is 1.89 bits per heavy atom. The highest BCUT2D eigenvalue weighted by atomic mass is 16.5. The molecule has 100 valence electrons. The summed E-state index contributed by atoms with van der Waals surface area (Å²) in [5.41, 5.74) is 1.27. The van der Waals surface area contributed by atoms with Crippen LogP contribution in [0, 0.1) is 0 Å². The monoisotopic (exact) mass is 248 g/mol. The molecule has 2 unspecified atom stereocenters. The van der Waals surface area contributed by atoms with Crippen LogP contribution in [-0.4, -0.2) is 18.5 Å². The molecule has 0 aliphatic carbocycles. The Hall–Kier alpha value is -1.15. The second-order valence-electron chi connectivity index (χ2n) is 4.73. The summed E-state index contributed by atoms with van der Waals surface area (Å²) in [5, 5.41) is 0. The third-order valence-electron chi connectivity index (χ3n) is 3.17. The summed E-state index contributed by atoms with van der Waals surface area (Å²) in [6.07, 6.45) is 2.03. The van der Waals surface area contributed by atoms with Gasteiger partial charge in [-0.15, -0.1) is 0 Å². The maximum atomic E-state index is 11.9. The van der Waals surface area contributed by atoms with Crippen molar-refractivity contribution in [3.63, 3.8) is 0 Å². The standard InChI is InChI=1S/C16H24O2/c1-4-11-18-16(15(17)5-2)12-13(3)14-9-7-6-8-10-14/h6-10,13,16H,4-5,11-12H2,1-3H3.